The minimum Gasteiger partial charge on any atom is -0.480 e. The van der Waals surface area contributed by atoms with E-state index in [1.54, 1.807) is 24.7 Å². The minimum absolute atomic E-state index is 0.715. The topological polar surface area (TPSA) is 55.1 Å². The van der Waals surface area contributed by atoms with Crippen LogP contribution in [0.2, 0.25) is 0 Å². The molecule has 1 rings (SSSR count). The lowest BCUT2D eigenvalue weighted by Crippen LogP contribution is -2.28. The maximum absolute atomic E-state index is 10.8. The maximum Gasteiger partial charge on any atom is 0.319 e. The average Bonchev–Trinajstić information content (AvgIpc) is 2.56. The van der Waals surface area contributed by atoms with Crippen LogP contribution in [0.5, 0.6) is 0 Å². The zero-order chi connectivity index (χ0) is 10.6. The molecule has 5 heteroatoms. The van der Waals surface area contributed by atoms with E-state index >= 15 is 0 Å². The highest BCUT2D eigenvalue weighted by molar-refractivity contribution is 8.01. The van der Waals surface area contributed by atoms with Crippen LogP contribution in [0.15, 0.2) is 18.5 Å². The van der Waals surface area contributed by atoms with Gasteiger partial charge in [0, 0.05) is 24.7 Å². The molecule has 0 bridgehead atoms. The standard InChI is InChI=1S/C9H14N2O2S/c1-9(2,8(12)13)14-7-6-11-5-3-4-10-11/h3-5H,6-7H2,1-2H3,(H,12,13). The Balaban J connectivity index is 2.31. The van der Waals surface area contributed by atoms with Gasteiger partial charge in [-0.25, -0.2) is 0 Å². The smallest absolute Gasteiger partial charge is 0.319 e. The van der Waals surface area contributed by atoms with Gasteiger partial charge in [0.2, 0.25) is 0 Å². The van der Waals surface area contributed by atoms with Crippen molar-refractivity contribution in [2.45, 2.75) is 25.1 Å². The normalized spacial score (nSPS) is 11.6. The summed E-state index contributed by atoms with van der Waals surface area (Å²) >= 11 is 1.42. The molecule has 0 aliphatic carbocycles. The van der Waals surface area contributed by atoms with Crippen LogP contribution in [0.25, 0.3) is 0 Å². The molecule has 0 spiro atoms. The number of aryl methyl sites for hydroxylation is 1. The Labute approximate surface area is 87.3 Å². The van der Waals surface area contributed by atoms with Crippen molar-refractivity contribution in [3.63, 3.8) is 0 Å². The zero-order valence-electron chi connectivity index (χ0n) is 8.30. The first-order chi connectivity index (χ1) is 6.52. The predicted molar refractivity (Wildman–Crippen MR) is 56.4 cm³/mol. The molecule has 0 amide bonds. The van der Waals surface area contributed by atoms with Crippen molar-refractivity contribution in [1.29, 1.82) is 0 Å². The van der Waals surface area contributed by atoms with E-state index in [1.165, 1.54) is 11.8 Å². The van der Waals surface area contributed by atoms with Crippen molar-refractivity contribution < 1.29 is 9.90 Å². The van der Waals surface area contributed by atoms with Crippen LogP contribution in [-0.2, 0) is 11.3 Å². The van der Waals surface area contributed by atoms with Crippen LogP contribution in [0.3, 0.4) is 0 Å². The van der Waals surface area contributed by atoms with Crippen LogP contribution >= 0.6 is 11.8 Å². The van der Waals surface area contributed by atoms with Gasteiger partial charge in [0.1, 0.15) is 4.75 Å². The third-order valence-electron chi connectivity index (χ3n) is 1.86. The summed E-state index contributed by atoms with van der Waals surface area (Å²) in [5.41, 5.74) is 0. The molecule has 0 fully saturated rings. The zero-order valence-corrected chi connectivity index (χ0v) is 9.12. The molecule has 4 nitrogen and oxygen atoms in total. The van der Waals surface area contributed by atoms with Gasteiger partial charge in [0.05, 0.1) is 0 Å². The van der Waals surface area contributed by atoms with Gasteiger partial charge < -0.3 is 5.11 Å². The Kier molecular flexibility index (Phi) is 3.57. The maximum atomic E-state index is 10.8. The highest BCUT2D eigenvalue weighted by Gasteiger charge is 2.26. The van der Waals surface area contributed by atoms with E-state index in [2.05, 4.69) is 5.10 Å². The second-order valence-corrected chi connectivity index (χ2v) is 5.15. The van der Waals surface area contributed by atoms with Crippen molar-refractivity contribution in [2.24, 2.45) is 0 Å². The molecule has 0 unspecified atom stereocenters. The third kappa shape index (κ3) is 3.06. The molecule has 0 radical (unpaired) electrons. The first kappa shape index (κ1) is 11.1. The number of carboxylic acids is 1. The summed E-state index contributed by atoms with van der Waals surface area (Å²) in [6, 6.07) is 1.85. The van der Waals surface area contributed by atoms with Gasteiger partial charge >= 0.3 is 5.97 Å². The van der Waals surface area contributed by atoms with Gasteiger partial charge in [-0.3, -0.25) is 9.48 Å². The Morgan fingerprint density at radius 3 is 2.86 bits per heavy atom. The summed E-state index contributed by atoms with van der Waals surface area (Å²) in [5, 5.41) is 12.9. The van der Waals surface area contributed by atoms with E-state index in [-0.39, 0.29) is 0 Å². The second kappa shape index (κ2) is 4.50. The number of nitrogens with zero attached hydrogens (tertiary/aromatic N) is 2. The predicted octanol–water partition coefficient (Wildman–Crippen LogP) is 1.48. The van der Waals surface area contributed by atoms with Crippen LogP contribution < -0.4 is 0 Å². The highest BCUT2D eigenvalue weighted by atomic mass is 32.2. The van der Waals surface area contributed by atoms with Crippen molar-refractivity contribution in [1.82, 2.24) is 9.78 Å². The molecular formula is C9H14N2O2S. The van der Waals surface area contributed by atoms with Crippen LogP contribution in [0, 0.1) is 0 Å². The minimum atomic E-state index is -0.775. The lowest BCUT2D eigenvalue weighted by Gasteiger charge is -2.17. The lowest BCUT2D eigenvalue weighted by molar-refractivity contribution is -0.138. The Hall–Kier alpha value is -0.970. The SMILES string of the molecule is CC(C)(SCCn1cccn1)C(=O)O. The number of thioether (sulfide) groups is 1. The Morgan fingerprint density at radius 1 is 1.64 bits per heavy atom. The molecule has 1 aromatic heterocycles. The summed E-state index contributed by atoms with van der Waals surface area (Å²) < 4.78 is 1.08. The monoisotopic (exact) mass is 214 g/mol. The molecule has 0 atom stereocenters. The van der Waals surface area contributed by atoms with Crippen molar-refractivity contribution in [2.75, 3.05) is 5.75 Å². The average molecular weight is 214 g/mol. The summed E-state index contributed by atoms with van der Waals surface area (Å²) in [7, 11) is 0. The van der Waals surface area contributed by atoms with Crippen molar-refractivity contribution in [3.05, 3.63) is 18.5 Å². The van der Waals surface area contributed by atoms with Crippen LogP contribution in [-0.4, -0.2) is 31.4 Å². The molecule has 0 aliphatic rings. The molecule has 1 heterocycles. The molecule has 1 aromatic rings. The van der Waals surface area contributed by atoms with E-state index in [1.807, 2.05) is 12.3 Å². The van der Waals surface area contributed by atoms with Crippen LogP contribution in [0.4, 0.5) is 0 Å². The fourth-order valence-electron chi connectivity index (χ4n) is 0.889. The van der Waals surface area contributed by atoms with Crippen LogP contribution in [0.1, 0.15) is 13.8 Å². The first-order valence-electron chi connectivity index (χ1n) is 4.37. The summed E-state index contributed by atoms with van der Waals surface area (Å²) in [6.45, 7) is 4.17. The van der Waals surface area contributed by atoms with Crippen molar-refractivity contribution >= 4 is 17.7 Å². The van der Waals surface area contributed by atoms with E-state index in [9.17, 15) is 4.79 Å². The Morgan fingerprint density at radius 2 is 2.36 bits per heavy atom. The largest absolute Gasteiger partial charge is 0.480 e. The van der Waals surface area contributed by atoms with Gasteiger partial charge in [-0.05, 0) is 19.9 Å². The molecule has 78 valence electrons. The molecule has 0 saturated heterocycles. The van der Waals surface area contributed by atoms with E-state index in [0.29, 0.717) is 0 Å². The third-order valence-corrected chi connectivity index (χ3v) is 3.14. The first-order valence-corrected chi connectivity index (χ1v) is 5.36. The molecule has 0 aliphatic heterocycles. The summed E-state index contributed by atoms with van der Waals surface area (Å²) in [6.07, 6.45) is 3.58. The number of rotatable bonds is 5. The molecule has 1 N–H and O–H groups in total. The van der Waals surface area contributed by atoms with Gasteiger partial charge in [-0.15, -0.1) is 11.8 Å². The molecule has 0 aromatic carbocycles. The molecule has 14 heavy (non-hydrogen) atoms. The van der Waals surface area contributed by atoms with Gasteiger partial charge in [0.15, 0.2) is 0 Å². The number of carboxylic acid groups (broad SMARTS) is 1. The fraction of sp³-hybridized carbons (Fsp3) is 0.556. The van der Waals surface area contributed by atoms with Gasteiger partial charge in [0.25, 0.3) is 0 Å². The number of aliphatic carboxylic acids is 1. The molecular weight excluding hydrogens is 200 g/mol. The van der Waals surface area contributed by atoms with Gasteiger partial charge in [-0.2, -0.15) is 5.10 Å². The summed E-state index contributed by atoms with van der Waals surface area (Å²) in [5.74, 6) is -0.0241. The second-order valence-electron chi connectivity index (χ2n) is 3.43. The highest BCUT2D eigenvalue weighted by Crippen LogP contribution is 2.24. The van der Waals surface area contributed by atoms with E-state index < -0.39 is 10.7 Å². The fourth-order valence-corrected chi connectivity index (χ4v) is 1.80. The van der Waals surface area contributed by atoms with Gasteiger partial charge in [-0.1, -0.05) is 0 Å². The van der Waals surface area contributed by atoms with E-state index in [0.717, 1.165) is 12.3 Å². The van der Waals surface area contributed by atoms with Crippen molar-refractivity contribution in [3.8, 4) is 0 Å². The number of hydrogen-bond acceptors (Lipinski definition) is 3. The number of hydrogen-bond donors (Lipinski definition) is 1. The Bertz CT molecular complexity index is 296. The number of carbonyl (C=O) groups is 1. The number of aromatic nitrogens is 2. The quantitative estimate of drug-likeness (QED) is 0.806. The van der Waals surface area contributed by atoms with E-state index in [4.69, 9.17) is 5.11 Å². The molecule has 0 saturated carbocycles. The lowest BCUT2D eigenvalue weighted by atomic mass is 10.2. The summed E-state index contributed by atoms with van der Waals surface area (Å²) in [4.78, 5) is 10.8.